The standard InChI is InChI=1S/C31H39N7O3/c1-18-11-21(12-26-28(18)37-10-9-36(16-24(37)17-41-26)23-14-35(4)15-23)33-31-32-13-25-19(2)27(20(3)39)30(40)38(29(25)34-31)22-7-5-6-8-22/h11-13,22-24H,5-10,14-17H2,1-4H3,(H,32,33,34)/t24-/m1/s1. The number of benzene rings is 1. The van der Waals surface area contributed by atoms with Crippen LogP contribution in [0.5, 0.6) is 5.75 Å². The number of Topliss-reactive ketones (excluding diaryl/α,β-unsaturated/α-hetero) is 1. The first-order valence-corrected chi connectivity index (χ1v) is 14.9. The summed E-state index contributed by atoms with van der Waals surface area (Å²) in [5, 5.41) is 4.12. The minimum atomic E-state index is -0.240. The molecule has 4 aliphatic rings. The van der Waals surface area contributed by atoms with Crippen LogP contribution in [0, 0.1) is 13.8 Å². The summed E-state index contributed by atoms with van der Waals surface area (Å²) in [6.07, 6.45) is 5.70. The second kappa shape index (κ2) is 10.1. The third kappa shape index (κ3) is 4.48. The third-order valence-corrected chi connectivity index (χ3v) is 9.57. The zero-order valence-electron chi connectivity index (χ0n) is 24.4. The topological polar surface area (TPSA) is 95.8 Å². The molecule has 0 radical (unpaired) electrons. The van der Waals surface area contributed by atoms with Crippen LogP contribution in [0.4, 0.5) is 17.3 Å². The molecule has 216 valence electrons. The largest absolute Gasteiger partial charge is 0.489 e. The van der Waals surface area contributed by atoms with Crippen molar-refractivity contribution >= 4 is 34.1 Å². The van der Waals surface area contributed by atoms with Crippen molar-refractivity contribution in [1.82, 2.24) is 24.3 Å². The van der Waals surface area contributed by atoms with Gasteiger partial charge in [0.2, 0.25) is 5.95 Å². The highest BCUT2D eigenvalue weighted by Crippen LogP contribution is 2.41. The first kappa shape index (κ1) is 26.4. The maximum absolute atomic E-state index is 13.5. The summed E-state index contributed by atoms with van der Waals surface area (Å²) in [7, 11) is 2.19. The maximum Gasteiger partial charge on any atom is 0.263 e. The summed E-state index contributed by atoms with van der Waals surface area (Å²) in [5.41, 5.74) is 4.42. The lowest BCUT2D eigenvalue weighted by Gasteiger charge is -2.51. The predicted octanol–water partition coefficient (Wildman–Crippen LogP) is 3.67. The molecule has 1 aliphatic carbocycles. The van der Waals surface area contributed by atoms with Crippen LogP contribution >= 0.6 is 0 Å². The van der Waals surface area contributed by atoms with Crippen LogP contribution in [0.1, 0.15) is 60.1 Å². The summed E-state index contributed by atoms with van der Waals surface area (Å²) in [5.74, 6) is 1.09. The fourth-order valence-electron chi connectivity index (χ4n) is 7.47. The molecule has 1 aromatic carbocycles. The van der Waals surface area contributed by atoms with E-state index in [-0.39, 0.29) is 22.9 Å². The Balaban J connectivity index is 1.19. The smallest absolute Gasteiger partial charge is 0.263 e. The molecule has 2 aromatic heterocycles. The van der Waals surface area contributed by atoms with Gasteiger partial charge in [-0.2, -0.15) is 4.98 Å². The molecule has 1 saturated carbocycles. The molecule has 10 heteroatoms. The Morgan fingerprint density at radius 1 is 1.05 bits per heavy atom. The Hall–Kier alpha value is -3.50. The third-order valence-electron chi connectivity index (χ3n) is 9.57. The number of fused-ring (bicyclic) bond motifs is 4. The lowest BCUT2D eigenvalue weighted by atomic mass is 10.0. The SMILES string of the molecule is CC(=O)c1c(C)c2cnc(Nc3cc(C)c4c(c3)OC[C@H]3CN(C5CN(C)C5)CCN43)nc2n(C2CCCC2)c1=O. The minimum absolute atomic E-state index is 0.0458. The van der Waals surface area contributed by atoms with E-state index in [1.165, 1.54) is 12.6 Å². The van der Waals surface area contributed by atoms with Crippen LogP contribution in [0.2, 0.25) is 0 Å². The minimum Gasteiger partial charge on any atom is -0.489 e. The molecule has 0 amide bonds. The number of likely N-dealkylation sites (tertiary alicyclic amines) is 1. The number of carbonyl (C=O) groups excluding carboxylic acids is 1. The van der Waals surface area contributed by atoms with Crippen molar-refractivity contribution in [2.75, 3.05) is 56.6 Å². The Kier molecular flexibility index (Phi) is 6.50. The number of nitrogens with zero attached hydrogens (tertiary/aromatic N) is 6. The number of aromatic nitrogens is 3. The van der Waals surface area contributed by atoms with Crippen LogP contribution in [0.25, 0.3) is 11.0 Å². The van der Waals surface area contributed by atoms with Crippen LogP contribution < -0.4 is 20.5 Å². The molecule has 10 nitrogen and oxygen atoms in total. The molecular weight excluding hydrogens is 518 g/mol. The van der Waals surface area contributed by atoms with E-state index in [1.807, 2.05) is 13.0 Å². The number of ether oxygens (including phenoxy) is 1. The number of nitrogens with one attached hydrogen (secondary N) is 1. The number of hydrogen-bond acceptors (Lipinski definition) is 9. The van der Waals surface area contributed by atoms with Gasteiger partial charge in [-0.1, -0.05) is 12.8 Å². The van der Waals surface area contributed by atoms with Gasteiger partial charge >= 0.3 is 0 Å². The normalized spacial score (nSPS) is 21.9. The second-order valence-electron chi connectivity index (χ2n) is 12.4. The first-order valence-electron chi connectivity index (χ1n) is 14.9. The van der Waals surface area contributed by atoms with Crippen molar-refractivity contribution in [3.63, 3.8) is 0 Å². The van der Waals surface area contributed by atoms with Crippen LogP contribution in [0.3, 0.4) is 0 Å². The van der Waals surface area contributed by atoms with Crippen LogP contribution in [-0.2, 0) is 0 Å². The zero-order chi connectivity index (χ0) is 28.4. The molecule has 1 N–H and O–H groups in total. The van der Waals surface area contributed by atoms with Gasteiger partial charge in [-0.3, -0.25) is 19.1 Å². The molecule has 3 aliphatic heterocycles. The van der Waals surface area contributed by atoms with Gasteiger partial charge in [-0.25, -0.2) is 4.98 Å². The van der Waals surface area contributed by atoms with Gasteiger partial charge in [0.25, 0.3) is 5.56 Å². The summed E-state index contributed by atoms with van der Waals surface area (Å²) in [6, 6.07) is 5.23. The molecule has 0 unspecified atom stereocenters. The van der Waals surface area contributed by atoms with Crippen molar-refractivity contribution in [3.8, 4) is 5.75 Å². The molecule has 41 heavy (non-hydrogen) atoms. The number of carbonyl (C=O) groups is 1. The number of anilines is 3. The lowest BCUT2D eigenvalue weighted by molar-refractivity contribution is 0.0324. The number of ketones is 1. The number of aryl methyl sites for hydroxylation is 2. The molecule has 7 rings (SSSR count). The predicted molar refractivity (Wildman–Crippen MR) is 160 cm³/mol. The zero-order valence-corrected chi connectivity index (χ0v) is 24.4. The highest BCUT2D eigenvalue weighted by Gasteiger charge is 2.39. The van der Waals surface area contributed by atoms with E-state index < -0.39 is 0 Å². The van der Waals surface area contributed by atoms with Gasteiger partial charge < -0.3 is 19.9 Å². The van der Waals surface area contributed by atoms with E-state index in [2.05, 4.69) is 45.0 Å². The van der Waals surface area contributed by atoms with Gasteiger partial charge in [0, 0.05) is 68.1 Å². The van der Waals surface area contributed by atoms with Gasteiger partial charge in [-0.05, 0) is 57.9 Å². The highest BCUT2D eigenvalue weighted by atomic mass is 16.5. The average molecular weight is 558 g/mol. The van der Waals surface area contributed by atoms with Gasteiger partial charge in [0.15, 0.2) is 5.78 Å². The Labute approximate surface area is 240 Å². The summed E-state index contributed by atoms with van der Waals surface area (Å²) in [4.78, 5) is 43.0. The molecule has 3 aromatic rings. The average Bonchev–Trinajstić information content (AvgIpc) is 3.45. The molecule has 1 atom stereocenters. The van der Waals surface area contributed by atoms with Crippen molar-refractivity contribution in [3.05, 3.63) is 45.4 Å². The highest BCUT2D eigenvalue weighted by molar-refractivity contribution is 5.99. The van der Waals surface area contributed by atoms with Gasteiger partial charge in [-0.15, -0.1) is 0 Å². The van der Waals surface area contributed by atoms with Crippen LogP contribution in [-0.4, -0.2) is 88.6 Å². The number of rotatable bonds is 5. The maximum atomic E-state index is 13.5. The molecule has 0 bridgehead atoms. The van der Waals surface area contributed by atoms with E-state index in [0.29, 0.717) is 35.8 Å². The fraction of sp³-hybridized carbons (Fsp3) is 0.548. The van der Waals surface area contributed by atoms with Crippen LogP contribution in [0.15, 0.2) is 23.1 Å². The first-order chi connectivity index (χ1) is 19.8. The van der Waals surface area contributed by atoms with E-state index in [1.54, 1.807) is 10.8 Å². The molecule has 3 fully saturated rings. The Bertz CT molecular complexity index is 1590. The quantitative estimate of drug-likeness (QED) is 0.472. The number of hydrogen-bond donors (Lipinski definition) is 1. The van der Waals surface area contributed by atoms with Crippen molar-refractivity contribution in [1.29, 1.82) is 0 Å². The van der Waals surface area contributed by atoms with Crippen molar-refractivity contribution in [2.24, 2.45) is 0 Å². The fourth-order valence-corrected chi connectivity index (χ4v) is 7.47. The van der Waals surface area contributed by atoms with Crippen molar-refractivity contribution < 1.29 is 9.53 Å². The summed E-state index contributed by atoms with van der Waals surface area (Å²) < 4.78 is 8.09. The molecular formula is C31H39N7O3. The molecule has 5 heterocycles. The number of pyridine rings is 1. The molecule has 0 spiro atoms. The number of piperazine rings is 1. The van der Waals surface area contributed by atoms with E-state index >= 15 is 0 Å². The lowest BCUT2D eigenvalue weighted by Crippen LogP contribution is -2.65. The summed E-state index contributed by atoms with van der Waals surface area (Å²) >= 11 is 0. The Morgan fingerprint density at radius 2 is 1.83 bits per heavy atom. The molecule has 2 saturated heterocycles. The Morgan fingerprint density at radius 3 is 2.56 bits per heavy atom. The van der Waals surface area contributed by atoms with E-state index in [0.717, 1.165) is 80.8 Å². The summed E-state index contributed by atoms with van der Waals surface area (Å²) in [6.45, 7) is 11.5. The van der Waals surface area contributed by atoms with Gasteiger partial charge in [0.05, 0.1) is 17.3 Å². The van der Waals surface area contributed by atoms with E-state index in [9.17, 15) is 9.59 Å². The van der Waals surface area contributed by atoms with Gasteiger partial charge in [0.1, 0.15) is 18.0 Å². The number of likely N-dealkylation sites (N-methyl/N-ethyl adjacent to an activating group) is 1. The van der Waals surface area contributed by atoms with Crippen molar-refractivity contribution in [2.45, 2.75) is 64.6 Å². The second-order valence-corrected chi connectivity index (χ2v) is 12.4. The monoisotopic (exact) mass is 557 g/mol. The van der Waals surface area contributed by atoms with E-state index in [4.69, 9.17) is 9.72 Å².